The molecule has 0 aliphatic heterocycles. The van der Waals surface area contributed by atoms with Gasteiger partial charge in [0.05, 0.1) is 28.9 Å². The molecule has 0 aromatic heterocycles. The van der Waals surface area contributed by atoms with Gasteiger partial charge >= 0.3 is 0 Å². The first kappa shape index (κ1) is 18.8. The van der Waals surface area contributed by atoms with Crippen LogP contribution < -0.4 is 9.46 Å². The highest BCUT2D eigenvalue weighted by Crippen LogP contribution is 2.21. The molecule has 0 fully saturated rings. The Morgan fingerprint density at radius 3 is 2.23 bits per heavy atom. The van der Waals surface area contributed by atoms with Crippen LogP contribution in [0, 0.1) is 5.92 Å². The standard InChI is InChI=1S/C17H26FNO2S/c1-12(2)16(19-22(20)17(3,4)5)15(18)11-13-7-9-14(21-6)10-8-13/h7-12,16,19H,1-6H3/b15-11-/t16-,22?/m1/s1. The lowest BCUT2D eigenvalue weighted by molar-refractivity contribution is 0.414. The molecule has 22 heavy (non-hydrogen) atoms. The number of hydrogen-bond donors (Lipinski definition) is 1. The molecule has 0 spiro atoms. The summed E-state index contributed by atoms with van der Waals surface area (Å²) >= 11 is 0. The van der Waals surface area contributed by atoms with E-state index >= 15 is 0 Å². The smallest absolute Gasteiger partial charge is 0.119 e. The van der Waals surface area contributed by atoms with Crippen molar-refractivity contribution in [2.75, 3.05) is 7.11 Å². The predicted octanol–water partition coefficient (Wildman–Crippen LogP) is 4.08. The molecular formula is C17H26FNO2S. The maximum absolute atomic E-state index is 14.6. The van der Waals surface area contributed by atoms with Crippen LogP contribution in [0.3, 0.4) is 0 Å². The number of benzene rings is 1. The number of nitrogens with one attached hydrogen (secondary N) is 1. The van der Waals surface area contributed by atoms with Gasteiger partial charge < -0.3 is 4.74 Å². The lowest BCUT2D eigenvalue weighted by atomic mass is 10.0. The third kappa shape index (κ3) is 5.54. The number of halogens is 1. The summed E-state index contributed by atoms with van der Waals surface area (Å²) in [5.74, 6) is 0.392. The average Bonchev–Trinajstić information content (AvgIpc) is 2.43. The Labute approximate surface area is 135 Å². The van der Waals surface area contributed by atoms with E-state index in [-0.39, 0.29) is 11.7 Å². The van der Waals surface area contributed by atoms with E-state index in [4.69, 9.17) is 4.74 Å². The van der Waals surface area contributed by atoms with Gasteiger partial charge in [-0.05, 0) is 50.5 Å². The summed E-state index contributed by atoms with van der Waals surface area (Å²) in [6, 6.07) is 6.56. The van der Waals surface area contributed by atoms with Gasteiger partial charge in [-0.3, -0.25) is 0 Å². The van der Waals surface area contributed by atoms with Crippen molar-refractivity contribution in [2.24, 2.45) is 5.92 Å². The van der Waals surface area contributed by atoms with Crippen LogP contribution in [0.1, 0.15) is 40.2 Å². The maximum atomic E-state index is 14.6. The first-order valence-electron chi connectivity index (χ1n) is 7.34. The Kier molecular flexibility index (Phi) is 6.75. The van der Waals surface area contributed by atoms with Crippen LogP contribution in [0.25, 0.3) is 6.08 Å². The highest BCUT2D eigenvalue weighted by molar-refractivity contribution is 7.84. The summed E-state index contributed by atoms with van der Waals surface area (Å²) < 4.78 is 34.3. The van der Waals surface area contributed by atoms with Crippen LogP contribution in [-0.2, 0) is 11.0 Å². The van der Waals surface area contributed by atoms with Gasteiger partial charge in [-0.2, -0.15) is 0 Å². The van der Waals surface area contributed by atoms with E-state index in [1.54, 1.807) is 31.4 Å². The second-order valence-corrected chi connectivity index (χ2v) is 8.52. The zero-order chi connectivity index (χ0) is 16.9. The summed E-state index contributed by atoms with van der Waals surface area (Å²) in [6.45, 7) is 9.38. The van der Waals surface area contributed by atoms with E-state index in [0.29, 0.717) is 0 Å². The molecule has 5 heteroatoms. The van der Waals surface area contributed by atoms with E-state index in [0.717, 1.165) is 11.3 Å². The molecule has 0 heterocycles. The van der Waals surface area contributed by atoms with Crippen molar-refractivity contribution in [1.29, 1.82) is 0 Å². The van der Waals surface area contributed by atoms with E-state index in [1.165, 1.54) is 6.08 Å². The predicted molar refractivity (Wildman–Crippen MR) is 91.7 cm³/mol. The molecule has 0 bridgehead atoms. The molecule has 0 amide bonds. The molecule has 0 saturated heterocycles. The summed E-state index contributed by atoms with van der Waals surface area (Å²) in [5.41, 5.74) is 0.743. The van der Waals surface area contributed by atoms with E-state index in [9.17, 15) is 8.60 Å². The summed E-state index contributed by atoms with van der Waals surface area (Å²) in [5, 5.41) is 0. The second kappa shape index (κ2) is 7.88. The number of methoxy groups -OCH3 is 1. The Morgan fingerprint density at radius 2 is 1.82 bits per heavy atom. The van der Waals surface area contributed by atoms with E-state index in [1.807, 2.05) is 34.6 Å². The van der Waals surface area contributed by atoms with Crippen molar-refractivity contribution in [3.05, 3.63) is 35.7 Å². The molecule has 1 unspecified atom stereocenters. The number of rotatable bonds is 6. The Hall–Kier alpha value is -1.20. The molecule has 0 aliphatic rings. The monoisotopic (exact) mass is 327 g/mol. The van der Waals surface area contributed by atoms with E-state index in [2.05, 4.69) is 4.72 Å². The SMILES string of the molecule is COc1ccc(/C=C(\F)[C@H](NS(=O)C(C)(C)C)C(C)C)cc1. The quantitative estimate of drug-likeness (QED) is 0.855. The van der Waals surface area contributed by atoms with Gasteiger partial charge in [-0.15, -0.1) is 0 Å². The molecule has 1 aromatic rings. The van der Waals surface area contributed by atoms with Crippen molar-refractivity contribution in [3.8, 4) is 5.75 Å². The second-order valence-electron chi connectivity index (χ2n) is 6.52. The minimum absolute atomic E-state index is 0.0131. The topological polar surface area (TPSA) is 38.3 Å². The third-order valence-corrected chi connectivity index (χ3v) is 4.75. The fourth-order valence-electron chi connectivity index (χ4n) is 1.75. The van der Waals surface area contributed by atoms with Crippen LogP contribution in [0.15, 0.2) is 30.1 Å². The zero-order valence-electron chi connectivity index (χ0n) is 14.1. The van der Waals surface area contributed by atoms with Gasteiger partial charge in [0, 0.05) is 0 Å². The van der Waals surface area contributed by atoms with Crippen molar-refractivity contribution < 1.29 is 13.3 Å². The van der Waals surface area contributed by atoms with Crippen LogP contribution >= 0.6 is 0 Å². The normalized spacial score (nSPS) is 15.7. The average molecular weight is 327 g/mol. The number of ether oxygens (including phenoxy) is 1. The lowest BCUT2D eigenvalue weighted by Gasteiger charge is -2.25. The molecule has 1 N–H and O–H groups in total. The maximum Gasteiger partial charge on any atom is 0.119 e. The first-order valence-corrected chi connectivity index (χ1v) is 8.49. The Morgan fingerprint density at radius 1 is 1.27 bits per heavy atom. The minimum Gasteiger partial charge on any atom is -0.497 e. The molecule has 1 aromatic carbocycles. The molecule has 0 radical (unpaired) electrons. The van der Waals surface area contributed by atoms with Crippen LogP contribution in [0.5, 0.6) is 5.75 Å². The van der Waals surface area contributed by atoms with Gasteiger partial charge in [0.2, 0.25) is 0 Å². The molecule has 3 nitrogen and oxygen atoms in total. The summed E-state index contributed by atoms with van der Waals surface area (Å²) in [4.78, 5) is 0. The number of hydrogen-bond acceptors (Lipinski definition) is 2. The van der Waals surface area contributed by atoms with Gasteiger partial charge in [0.25, 0.3) is 0 Å². The lowest BCUT2D eigenvalue weighted by Crippen LogP contribution is -2.42. The Balaban J connectivity index is 2.94. The van der Waals surface area contributed by atoms with Crippen LogP contribution in [0.2, 0.25) is 0 Å². The molecular weight excluding hydrogens is 301 g/mol. The molecule has 2 atom stereocenters. The fraction of sp³-hybridized carbons (Fsp3) is 0.529. The zero-order valence-corrected chi connectivity index (χ0v) is 15.0. The van der Waals surface area contributed by atoms with Crippen molar-refractivity contribution in [1.82, 2.24) is 4.72 Å². The molecule has 1 rings (SSSR count). The van der Waals surface area contributed by atoms with Crippen molar-refractivity contribution in [2.45, 2.75) is 45.4 Å². The molecule has 0 aliphatic carbocycles. The third-order valence-electron chi connectivity index (χ3n) is 3.17. The van der Waals surface area contributed by atoms with Crippen molar-refractivity contribution >= 4 is 17.1 Å². The first-order chi connectivity index (χ1) is 10.1. The van der Waals surface area contributed by atoms with Crippen LogP contribution in [0.4, 0.5) is 4.39 Å². The highest BCUT2D eigenvalue weighted by Gasteiger charge is 2.26. The van der Waals surface area contributed by atoms with Gasteiger partial charge in [-0.25, -0.2) is 13.3 Å². The summed E-state index contributed by atoms with van der Waals surface area (Å²) in [7, 11) is 0.267. The van der Waals surface area contributed by atoms with Crippen molar-refractivity contribution in [3.63, 3.8) is 0 Å². The molecule has 124 valence electrons. The van der Waals surface area contributed by atoms with Gasteiger partial charge in [-0.1, -0.05) is 26.0 Å². The minimum atomic E-state index is -1.32. The van der Waals surface area contributed by atoms with Gasteiger partial charge in [0.1, 0.15) is 11.6 Å². The Bertz CT molecular complexity index is 533. The largest absolute Gasteiger partial charge is 0.497 e. The van der Waals surface area contributed by atoms with Crippen LogP contribution in [-0.4, -0.2) is 22.1 Å². The molecule has 0 saturated carbocycles. The summed E-state index contributed by atoms with van der Waals surface area (Å²) in [6.07, 6.45) is 1.47. The fourth-order valence-corrected chi connectivity index (χ4v) is 2.72. The van der Waals surface area contributed by atoms with Gasteiger partial charge in [0.15, 0.2) is 0 Å². The van der Waals surface area contributed by atoms with E-state index < -0.39 is 21.8 Å². The highest BCUT2D eigenvalue weighted by atomic mass is 32.2.